The average molecular weight is 337 g/mol. The second kappa shape index (κ2) is 7.52. The molecule has 0 heterocycles. The van der Waals surface area contributed by atoms with Gasteiger partial charge in [0.05, 0.1) is 10.7 Å². The van der Waals surface area contributed by atoms with Crippen LogP contribution in [0.3, 0.4) is 0 Å². The molecule has 0 aliphatic heterocycles. The number of rotatable bonds is 5. The number of amides is 1. The monoisotopic (exact) mass is 336 g/mol. The molecule has 0 saturated carbocycles. The highest BCUT2D eigenvalue weighted by atomic mass is 35.5. The van der Waals surface area contributed by atoms with Crippen LogP contribution in [0.15, 0.2) is 36.4 Å². The van der Waals surface area contributed by atoms with Crippen LogP contribution in [0.25, 0.3) is 0 Å². The minimum Gasteiger partial charge on any atom is -0.384 e. The number of aryl methyl sites for hydroxylation is 2. The van der Waals surface area contributed by atoms with Crippen LogP contribution in [0.5, 0.6) is 0 Å². The highest BCUT2D eigenvalue weighted by molar-refractivity contribution is 6.35. The Morgan fingerprint density at radius 3 is 2.45 bits per heavy atom. The Kier molecular flexibility index (Phi) is 5.69. The van der Waals surface area contributed by atoms with Gasteiger partial charge >= 0.3 is 0 Å². The van der Waals surface area contributed by atoms with Crippen molar-refractivity contribution in [2.75, 3.05) is 17.2 Å². The maximum atomic E-state index is 12.0. The van der Waals surface area contributed by atoms with Crippen molar-refractivity contribution in [3.05, 3.63) is 57.6 Å². The van der Waals surface area contributed by atoms with E-state index in [0.717, 1.165) is 5.69 Å². The van der Waals surface area contributed by atoms with Crippen molar-refractivity contribution >= 4 is 40.5 Å². The summed E-state index contributed by atoms with van der Waals surface area (Å²) >= 11 is 11.9. The number of carbonyl (C=O) groups is 1. The number of carbonyl (C=O) groups excluding carboxylic acids is 1. The van der Waals surface area contributed by atoms with Crippen molar-refractivity contribution in [2.45, 2.75) is 20.3 Å². The first-order valence-corrected chi connectivity index (χ1v) is 7.78. The number of para-hydroxylation sites is 1. The number of halogens is 2. The highest BCUT2D eigenvalue weighted by Gasteiger charge is 2.07. The molecule has 0 saturated heterocycles. The van der Waals surface area contributed by atoms with E-state index in [-0.39, 0.29) is 5.91 Å². The highest BCUT2D eigenvalue weighted by Crippen LogP contribution is 2.25. The van der Waals surface area contributed by atoms with Gasteiger partial charge in [-0.1, -0.05) is 41.4 Å². The number of hydrogen-bond acceptors (Lipinski definition) is 2. The molecular formula is C17H18Cl2N2O. The Morgan fingerprint density at radius 2 is 1.77 bits per heavy atom. The largest absolute Gasteiger partial charge is 0.384 e. The van der Waals surface area contributed by atoms with Crippen molar-refractivity contribution in [3.8, 4) is 0 Å². The molecule has 2 N–H and O–H groups in total. The maximum absolute atomic E-state index is 12.0. The standard InChI is InChI=1S/C17H18Cl2N2O/c1-11-4-3-5-12(2)17(11)20-9-8-16(22)21-15-10-13(18)6-7-14(15)19/h3-7,10,20H,8-9H2,1-2H3,(H,21,22). The fourth-order valence-corrected chi connectivity index (χ4v) is 2.54. The first-order chi connectivity index (χ1) is 10.5. The molecule has 22 heavy (non-hydrogen) atoms. The van der Waals surface area contributed by atoms with Crippen molar-refractivity contribution < 1.29 is 4.79 Å². The lowest BCUT2D eigenvalue weighted by Crippen LogP contribution is -2.17. The van der Waals surface area contributed by atoms with Gasteiger partial charge in [-0.2, -0.15) is 0 Å². The molecule has 0 aliphatic rings. The molecule has 0 fully saturated rings. The maximum Gasteiger partial charge on any atom is 0.226 e. The smallest absolute Gasteiger partial charge is 0.226 e. The van der Waals surface area contributed by atoms with Crippen LogP contribution < -0.4 is 10.6 Å². The molecule has 2 aromatic rings. The van der Waals surface area contributed by atoms with Crippen molar-refractivity contribution in [2.24, 2.45) is 0 Å². The first-order valence-electron chi connectivity index (χ1n) is 7.02. The predicted octanol–water partition coefficient (Wildman–Crippen LogP) is 5.05. The van der Waals surface area contributed by atoms with Crippen LogP contribution in [0.1, 0.15) is 17.5 Å². The molecule has 0 radical (unpaired) electrons. The van der Waals surface area contributed by atoms with Gasteiger partial charge in [0.2, 0.25) is 5.91 Å². The third-order valence-electron chi connectivity index (χ3n) is 3.34. The zero-order chi connectivity index (χ0) is 16.1. The summed E-state index contributed by atoms with van der Waals surface area (Å²) in [5, 5.41) is 7.08. The van der Waals surface area contributed by atoms with Gasteiger partial charge < -0.3 is 10.6 Å². The third kappa shape index (κ3) is 4.39. The topological polar surface area (TPSA) is 41.1 Å². The van der Waals surface area contributed by atoms with Gasteiger partial charge in [-0.05, 0) is 43.2 Å². The SMILES string of the molecule is Cc1cccc(C)c1NCCC(=O)Nc1cc(Cl)ccc1Cl. The molecule has 5 heteroatoms. The van der Waals surface area contributed by atoms with Crippen molar-refractivity contribution in [1.82, 2.24) is 0 Å². The Balaban J connectivity index is 1.89. The van der Waals surface area contributed by atoms with Crippen LogP contribution in [-0.4, -0.2) is 12.5 Å². The van der Waals surface area contributed by atoms with Gasteiger partial charge in [-0.3, -0.25) is 4.79 Å². The quantitative estimate of drug-likeness (QED) is 0.801. The molecule has 0 unspecified atom stereocenters. The summed E-state index contributed by atoms with van der Waals surface area (Å²) in [6, 6.07) is 11.1. The van der Waals surface area contributed by atoms with Crippen LogP contribution >= 0.6 is 23.2 Å². The summed E-state index contributed by atoms with van der Waals surface area (Å²) in [6.45, 7) is 4.64. The van der Waals surface area contributed by atoms with E-state index in [2.05, 4.69) is 10.6 Å². The molecule has 0 aromatic heterocycles. The van der Waals surface area contributed by atoms with Gasteiger partial charge in [0.25, 0.3) is 0 Å². The van der Waals surface area contributed by atoms with E-state index in [4.69, 9.17) is 23.2 Å². The van der Waals surface area contributed by atoms with E-state index in [1.807, 2.05) is 32.0 Å². The zero-order valence-corrected chi connectivity index (χ0v) is 14.1. The molecule has 0 atom stereocenters. The fraction of sp³-hybridized carbons (Fsp3) is 0.235. The average Bonchev–Trinajstić information content (AvgIpc) is 2.46. The minimum absolute atomic E-state index is 0.108. The lowest BCUT2D eigenvalue weighted by Gasteiger charge is -2.13. The Bertz CT molecular complexity index is 666. The minimum atomic E-state index is -0.108. The number of nitrogens with one attached hydrogen (secondary N) is 2. The summed E-state index contributed by atoms with van der Waals surface area (Å²) in [7, 11) is 0. The molecule has 2 rings (SSSR count). The summed E-state index contributed by atoms with van der Waals surface area (Å²) < 4.78 is 0. The van der Waals surface area contributed by atoms with E-state index < -0.39 is 0 Å². The molecular weight excluding hydrogens is 319 g/mol. The van der Waals surface area contributed by atoms with Crippen LogP contribution in [0.2, 0.25) is 10.0 Å². The van der Waals surface area contributed by atoms with E-state index >= 15 is 0 Å². The molecule has 2 aromatic carbocycles. The Labute approximate surface area is 140 Å². The van der Waals surface area contributed by atoms with Crippen molar-refractivity contribution in [1.29, 1.82) is 0 Å². The summed E-state index contributed by atoms with van der Waals surface area (Å²) in [6.07, 6.45) is 0.344. The second-order valence-electron chi connectivity index (χ2n) is 5.12. The van der Waals surface area contributed by atoms with E-state index in [9.17, 15) is 4.79 Å². The zero-order valence-electron chi connectivity index (χ0n) is 12.5. The van der Waals surface area contributed by atoms with Gasteiger partial charge in [0.1, 0.15) is 0 Å². The van der Waals surface area contributed by atoms with E-state index in [1.165, 1.54) is 11.1 Å². The Hall–Kier alpha value is -1.71. The molecule has 0 spiro atoms. The predicted molar refractivity (Wildman–Crippen MR) is 94.1 cm³/mol. The fourth-order valence-electron chi connectivity index (χ4n) is 2.20. The second-order valence-corrected chi connectivity index (χ2v) is 5.96. The number of anilines is 2. The molecule has 0 aliphatic carbocycles. The molecule has 0 bridgehead atoms. The number of hydrogen-bond donors (Lipinski definition) is 2. The molecule has 116 valence electrons. The van der Waals surface area contributed by atoms with Crippen LogP contribution in [0.4, 0.5) is 11.4 Å². The molecule has 3 nitrogen and oxygen atoms in total. The van der Waals surface area contributed by atoms with E-state index in [1.54, 1.807) is 18.2 Å². The normalized spacial score (nSPS) is 10.4. The van der Waals surface area contributed by atoms with Gasteiger partial charge in [-0.25, -0.2) is 0 Å². The lowest BCUT2D eigenvalue weighted by molar-refractivity contribution is -0.115. The van der Waals surface area contributed by atoms with Gasteiger partial charge in [0.15, 0.2) is 0 Å². The molecule has 1 amide bonds. The summed E-state index contributed by atoms with van der Waals surface area (Å²) in [5.41, 5.74) is 3.94. The summed E-state index contributed by atoms with van der Waals surface area (Å²) in [5.74, 6) is -0.108. The van der Waals surface area contributed by atoms with Crippen LogP contribution in [-0.2, 0) is 4.79 Å². The number of benzene rings is 2. The first kappa shape index (κ1) is 16.7. The summed E-state index contributed by atoms with van der Waals surface area (Å²) in [4.78, 5) is 12.0. The van der Waals surface area contributed by atoms with Gasteiger partial charge in [0, 0.05) is 23.7 Å². The van der Waals surface area contributed by atoms with Gasteiger partial charge in [-0.15, -0.1) is 0 Å². The Morgan fingerprint density at radius 1 is 1.09 bits per heavy atom. The lowest BCUT2D eigenvalue weighted by atomic mass is 10.1. The van der Waals surface area contributed by atoms with Crippen LogP contribution in [0, 0.1) is 13.8 Å². The third-order valence-corrected chi connectivity index (χ3v) is 3.90. The van der Waals surface area contributed by atoms with E-state index in [0.29, 0.717) is 28.7 Å². The van der Waals surface area contributed by atoms with Crippen molar-refractivity contribution in [3.63, 3.8) is 0 Å².